The van der Waals surface area contributed by atoms with E-state index in [1.807, 2.05) is 5.32 Å². The minimum Gasteiger partial charge on any atom is -0.373 e. The molecule has 0 aromatic carbocycles. The molecule has 0 bridgehead atoms. The molecule has 0 aliphatic carbocycles. The Bertz CT molecular complexity index is 973. The maximum absolute atomic E-state index is 12.2. The molecule has 6 nitrogen and oxygen atoms in total. The van der Waals surface area contributed by atoms with E-state index < -0.39 is 24.7 Å². The van der Waals surface area contributed by atoms with Crippen molar-refractivity contribution >= 4 is 34.2 Å². The molecule has 0 aliphatic rings. The fraction of sp³-hybridized carbons (Fsp3) is 0.235. The quantitative estimate of drug-likeness (QED) is 0.612. The summed E-state index contributed by atoms with van der Waals surface area (Å²) in [7, 11) is 0. The van der Waals surface area contributed by atoms with E-state index in [0.717, 1.165) is 16.5 Å². The van der Waals surface area contributed by atoms with Crippen LogP contribution in [0.5, 0.6) is 0 Å². The number of carbonyl (C=O) groups is 1. The number of nitrogens with zero attached hydrogens (tertiary/aromatic N) is 2. The van der Waals surface area contributed by atoms with E-state index in [2.05, 4.69) is 20.3 Å². The normalized spacial score (nSPS) is 12.8. The van der Waals surface area contributed by atoms with Gasteiger partial charge in [-0.25, -0.2) is 4.98 Å². The summed E-state index contributed by atoms with van der Waals surface area (Å²) in [5.74, 6) is -0.763. The molecule has 1 atom stereocenters. The van der Waals surface area contributed by atoms with Gasteiger partial charge in [0.1, 0.15) is 18.2 Å². The monoisotopic (exact) mass is 397 g/mol. The summed E-state index contributed by atoms with van der Waals surface area (Å²) < 4.78 is 36.6. The second-order valence-electron chi connectivity index (χ2n) is 5.91. The predicted octanol–water partition coefficient (Wildman–Crippen LogP) is 3.76. The lowest BCUT2D eigenvalue weighted by molar-refractivity contribution is -0.138. The van der Waals surface area contributed by atoms with Gasteiger partial charge in [0.2, 0.25) is 5.91 Å². The van der Waals surface area contributed by atoms with Crippen LogP contribution in [-0.2, 0) is 4.79 Å². The highest BCUT2D eigenvalue weighted by molar-refractivity contribution is 6.31. The van der Waals surface area contributed by atoms with E-state index in [1.165, 1.54) is 19.3 Å². The number of anilines is 1. The predicted molar refractivity (Wildman–Crippen MR) is 96.5 cm³/mol. The first kappa shape index (κ1) is 19.0. The summed E-state index contributed by atoms with van der Waals surface area (Å²) >= 11 is 6.00. The molecule has 3 aromatic heterocycles. The van der Waals surface area contributed by atoms with Crippen molar-refractivity contribution < 1.29 is 18.0 Å². The topological polar surface area (TPSA) is 82.7 Å². The van der Waals surface area contributed by atoms with Gasteiger partial charge in [0, 0.05) is 41.3 Å². The summed E-state index contributed by atoms with van der Waals surface area (Å²) in [6, 6.07) is 2.64. The third-order valence-electron chi connectivity index (χ3n) is 3.79. The third kappa shape index (κ3) is 4.68. The highest BCUT2D eigenvalue weighted by Crippen LogP contribution is 2.30. The molecule has 1 unspecified atom stereocenters. The second kappa shape index (κ2) is 7.43. The first-order valence-corrected chi connectivity index (χ1v) is 8.30. The van der Waals surface area contributed by atoms with Crippen molar-refractivity contribution in [2.45, 2.75) is 19.1 Å². The van der Waals surface area contributed by atoms with Gasteiger partial charge in [-0.3, -0.25) is 9.78 Å². The van der Waals surface area contributed by atoms with Crippen LogP contribution in [0.25, 0.3) is 22.2 Å². The Kier molecular flexibility index (Phi) is 5.22. The highest BCUT2D eigenvalue weighted by atomic mass is 35.5. The maximum atomic E-state index is 12.2. The van der Waals surface area contributed by atoms with Crippen LogP contribution in [0.2, 0.25) is 5.02 Å². The Balaban J connectivity index is 1.77. The van der Waals surface area contributed by atoms with Crippen molar-refractivity contribution in [2.75, 3.05) is 11.9 Å². The number of carbonyl (C=O) groups excluding carboxylic acids is 1. The van der Waals surface area contributed by atoms with E-state index in [9.17, 15) is 18.0 Å². The zero-order valence-electron chi connectivity index (χ0n) is 14.1. The summed E-state index contributed by atoms with van der Waals surface area (Å²) in [6.07, 6.45) is 1.94. The molecule has 3 N–H and O–H groups in total. The number of H-pyrrole nitrogens is 1. The van der Waals surface area contributed by atoms with Crippen LogP contribution in [0.15, 0.2) is 36.9 Å². The zero-order valence-corrected chi connectivity index (χ0v) is 14.8. The van der Waals surface area contributed by atoms with Crippen molar-refractivity contribution in [1.29, 1.82) is 0 Å². The van der Waals surface area contributed by atoms with Gasteiger partial charge < -0.3 is 15.6 Å². The molecule has 10 heteroatoms. The van der Waals surface area contributed by atoms with Crippen LogP contribution < -0.4 is 10.6 Å². The number of amides is 1. The number of hydrogen-bond donors (Lipinski definition) is 3. The van der Waals surface area contributed by atoms with Gasteiger partial charge >= 0.3 is 6.18 Å². The maximum Gasteiger partial charge on any atom is 0.405 e. The molecule has 0 radical (unpaired) electrons. The average molecular weight is 398 g/mol. The van der Waals surface area contributed by atoms with Crippen LogP contribution >= 0.6 is 11.6 Å². The summed E-state index contributed by atoms with van der Waals surface area (Å²) in [4.78, 5) is 23.2. The minimum absolute atomic E-state index is 0.487. The fourth-order valence-corrected chi connectivity index (χ4v) is 2.70. The van der Waals surface area contributed by atoms with Crippen molar-refractivity contribution in [3.8, 4) is 11.1 Å². The Morgan fingerprint density at radius 1 is 1.30 bits per heavy atom. The summed E-state index contributed by atoms with van der Waals surface area (Å²) in [5.41, 5.74) is 2.70. The molecule has 142 valence electrons. The Morgan fingerprint density at radius 3 is 2.81 bits per heavy atom. The number of aromatic nitrogens is 3. The van der Waals surface area contributed by atoms with Gasteiger partial charge in [0.15, 0.2) is 0 Å². The number of pyridine rings is 2. The van der Waals surface area contributed by atoms with Gasteiger partial charge in [-0.15, -0.1) is 0 Å². The van der Waals surface area contributed by atoms with E-state index in [0.29, 0.717) is 16.4 Å². The smallest absolute Gasteiger partial charge is 0.373 e. The highest BCUT2D eigenvalue weighted by Gasteiger charge is 2.28. The Labute approximate surface area is 157 Å². The molecule has 0 aliphatic heterocycles. The van der Waals surface area contributed by atoms with E-state index in [4.69, 9.17) is 11.6 Å². The standard InChI is InChI=1S/C17H15ClF3N5O/c1-9(16(27)25-8-17(19,20)21)26-12-2-10(4-22-6-12)14-7-24-15-13(14)3-11(18)5-23-15/h2-7,9,26H,8H2,1H3,(H,23,24)(H,25,27). The number of nitrogens with one attached hydrogen (secondary N) is 3. The lowest BCUT2D eigenvalue weighted by Gasteiger charge is -2.16. The van der Waals surface area contributed by atoms with Crippen molar-refractivity contribution in [1.82, 2.24) is 20.3 Å². The number of alkyl halides is 3. The molecule has 0 saturated heterocycles. The van der Waals surface area contributed by atoms with Crippen LogP contribution in [-0.4, -0.2) is 39.6 Å². The molecule has 0 fully saturated rings. The Morgan fingerprint density at radius 2 is 2.07 bits per heavy atom. The average Bonchev–Trinajstić information content (AvgIpc) is 3.02. The fourth-order valence-electron chi connectivity index (χ4n) is 2.54. The van der Waals surface area contributed by atoms with Gasteiger partial charge in [-0.05, 0) is 19.1 Å². The summed E-state index contributed by atoms with van der Waals surface area (Å²) in [5, 5.41) is 5.98. The molecule has 3 rings (SSSR count). The lowest BCUT2D eigenvalue weighted by atomic mass is 10.1. The first-order valence-electron chi connectivity index (χ1n) is 7.92. The minimum atomic E-state index is -4.46. The van der Waals surface area contributed by atoms with E-state index in [-0.39, 0.29) is 0 Å². The molecule has 0 spiro atoms. The van der Waals surface area contributed by atoms with Crippen LogP contribution in [0.3, 0.4) is 0 Å². The number of hydrogen-bond acceptors (Lipinski definition) is 4. The second-order valence-corrected chi connectivity index (χ2v) is 6.35. The SMILES string of the molecule is CC(Nc1cncc(-c2c[nH]c3ncc(Cl)cc23)c1)C(=O)NCC(F)(F)F. The largest absolute Gasteiger partial charge is 0.405 e. The van der Waals surface area contributed by atoms with Gasteiger partial charge in [0.05, 0.1) is 10.7 Å². The molecule has 3 aromatic rings. The van der Waals surface area contributed by atoms with Crippen LogP contribution in [0, 0.1) is 0 Å². The third-order valence-corrected chi connectivity index (χ3v) is 3.99. The van der Waals surface area contributed by atoms with Gasteiger partial charge in [0.25, 0.3) is 0 Å². The summed E-state index contributed by atoms with van der Waals surface area (Å²) in [6.45, 7) is 0.0903. The van der Waals surface area contributed by atoms with Crippen molar-refractivity contribution in [3.63, 3.8) is 0 Å². The molecular formula is C17H15ClF3N5O. The Hall–Kier alpha value is -2.81. The van der Waals surface area contributed by atoms with Crippen molar-refractivity contribution in [3.05, 3.63) is 41.9 Å². The number of rotatable bonds is 5. The molecular weight excluding hydrogens is 383 g/mol. The van der Waals surface area contributed by atoms with Crippen LogP contribution in [0.4, 0.5) is 18.9 Å². The molecule has 1 amide bonds. The molecule has 27 heavy (non-hydrogen) atoms. The first-order chi connectivity index (χ1) is 12.7. The van der Waals surface area contributed by atoms with E-state index >= 15 is 0 Å². The molecule has 3 heterocycles. The number of halogens is 4. The number of fused-ring (bicyclic) bond motifs is 1. The van der Waals surface area contributed by atoms with Crippen molar-refractivity contribution in [2.24, 2.45) is 0 Å². The van der Waals surface area contributed by atoms with E-state index in [1.54, 1.807) is 24.5 Å². The van der Waals surface area contributed by atoms with Gasteiger partial charge in [-0.1, -0.05) is 11.6 Å². The lowest BCUT2D eigenvalue weighted by Crippen LogP contribution is -2.42. The van der Waals surface area contributed by atoms with Crippen LogP contribution in [0.1, 0.15) is 6.92 Å². The molecule has 0 saturated carbocycles. The zero-order chi connectivity index (χ0) is 19.6. The van der Waals surface area contributed by atoms with Gasteiger partial charge in [-0.2, -0.15) is 13.2 Å². The number of aromatic amines is 1.